The van der Waals surface area contributed by atoms with Gasteiger partial charge in [-0.3, -0.25) is 0 Å². The maximum absolute atomic E-state index is 2.49. The van der Waals surface area contributed by atoms with Gasteiger partial charge in [-0.05, 0) is 139 Å². The van der Waals surface area contributed by atoms with Crippen LogP contribution in [0.25, 0.3) is 83.1 Å². The van der Waals surface area contributed by atoms with Crippen molar-refractivity contribution in [2.45, 2.75) is 5.41 Å². The minimum absolute atomic E-state index is 0.503. The average Bonchev–Trinajstić information content (AvgIpc) is 4.02. The molecule has 0 radical (unpaired) electrons. The van der Waals surface area contributed by atoms with Crippen molar-refractivity contribution in [1.29, 1.82) is 0 Å². The lowest BCUT2D eigenvalue weighted by molar-refractivity contribution is 0.767. The SMILES string of the molecule is c1ccc(-c2ccc(-c3ccc(N(c4ccccc4)c4cccc(-c5ccccc5-c5ccc6c7ccccc7n(-c7ccc8c(c7)C(c7ccccc7)(c7ccccc7)c7ccccc7-8)c6c5)c4)cc3)cc2)cc1. The van der Waals surface area contributed by atoms with Crippen molar-refractivity contribution in [2.24, 2.45) is 0 Å². The minimum atomic E-state index is -0.503. The predicted molar refractivity (Wildman–Crippen MR) is 315 cm³/mol. The maximum Gasteiger partial charge on any atom is 0.0714 e. The minimum Gasteiger partial charge on any atom is -0.310 e. The number of fused-ring (bicyclic) bond motifs is 6. The molecule has 0 atom stereocenters. The standard InChI is InChI=1S/C73H50N2/c1-5-20-51(21-6-1)52-36-38-53(39-37-52)54-40-43-60(44-41-54)74(59-27-11-4-12-28-59)61-29-19-22-55(48-61)63-30-13-14-31-64(63)56-42-46-68-67-33-16-18-35-71(67)75(72(68)49-56)62-45-47-66-65-32-15-17-34-69(65)73(70(66)50-62,57-23-7-2-8-24-57)58-25-9-3-10-26-58/h1-50H. The molecule has 0 amide bonds. The highest BCUT2D eigenvalue weighted by atomic mass is 15.1. The van der Waals surface area contributed by atoms with Gasteiger partial charge < -0.3 is 9.47 Å². The molecule has 0 N–H and O–H groups in total. The first-order chi connectivity index (χ1) is 37.2. The molecule has 1 aromatic heterocycles. The second kappa shape index (κ2) is 18.4. The zero-order chi connectivity index (χ0) is 49.7. The fourth-order valence-corrected chi connectivity index (χ4v) is 12.1. The lowest BCUT2D eigenvalue weighted by atomic mass is 9.67. The molecule has 14 rings (SSSR count). The number of hydrogen-bond donors (Lipinski definition) is 0. The molecule has 1 aliphatic carbocycles. The highest BCUT2D eigenvalue weighted by molar-refractivity contribution is 6.10. The summed E-state index contributed by atoms with van der Waals surface area (Å²) in [5.74, 6) is 0. The molecule has 1 heterocycles. The first-order valence-corrected chi connectivity index (χ1v) is 25.9. The van der Waals surface area contributed by atoms with Crippen LogP contribution in [0.3, 0.4) is 0 Å². The summed E-state index contributed by atoms with van der Waals surface area (Å²) in [4.78, 5) is 2.36. The van der Waals surface area contributed by atoms with Crippen LogP contribution >= 0.6 is 0 Å². The normalized spacial score (nSPS) is 12.4. The largest absolute Gasteiger partial charge is 0.310 e. The second-order valence-electron chi connectivity index (χ2n) is 19.6. The van der Waals surface area contributed by atoms with E-state index in [1.165, 1.54) is 88.6 Å². The summed E-state index contributed by atoms with van der Waals surface area (Å²) < 4.78 is 2.49. The Balaban J connectivity index is 0.871. The van der Waals surface area contributed by atoms with Gasteiger partial charge in [0.2, 0.25) is 0 Å². The summed E-state index contributed by atoms with van der Waals surface area (Å²) in [6, 6.07) is 111. The molecule has 0 fully saturated rings. The molecule has 0 saturated carbocycles. The van der Waals surface area contributed by atoms with E-state index in [9.17, 15) is 0 Å². The Morgan fingerprint density at radius 1 is 0.253 bits per heavy atom. The summed E-state index contributed by atoms with van der Waals surface area (Å²) in [7, 11) is 0. The maximum atomic E-state index is 2.49. The third-order valence-corrected chi connectivity index (χ3v) is 15.5. The van der Waals surface area contributed by atoms with E-state index in [4.69, 9.17) is 0 Å². The number of benzene rings is 12. The molecule has 0 bridgehead atoms. The summed E-state index contributed by atoms with van der Waals surface area (Å²) in [5.41, 5.74) is 23.4. The van der Waals surface area contributed by atoms with Crippen LogP contribution in [0.5, 0.6) is 0 Å². The molecule has 75 heavy (non-hydrogen) atoms. The molecule has 352 valence electrons. The second-order valence-corrected chi connectivity index (χ2v) is 19.6. The van der Waals surface area contributed by atoms with Gasteiger partial charge in [0.25, 0.3) is 0 Å². The van der Waals surface area contributed by atoms with Gasteiger partial charge in [-0.25, -0.2) is 0 Å². The predicted octanol–water partition coefficient (Wildman–Crippen LogP) is 19.3. The zero-order valence-corrected chi connectivity index (χ0v) is 41.3. The highest BCUT2D eigenvalue weighted by Crippen LogP contribution is 2.57. The average molecular weight is 955 g/mol. The van der Waals surface area contributed by atoms with Gasteiger partial charge in [-0.2, -0.15) is 0 Å². The number of rotatable bonds is 10. The van der Waals surface area contributed by atoms with E-state index in [2.05, 4.69) is 313 Å². The lowest BCUT2D eigenvalue weighted by Crippen LogP contribution is -2.28. The summed E-state index contributed by atoms with van der Waals surface area (Å²) in [6.45, 7) is 0. The van der Waals surface area contributed by atoms with Crippen molar-refractivity contribution in [2.75, 3.05) is 4.90 Å². The fourth-order valence-electron chi connectivity index (χ4n) is 12.1. The molecule has 1 aliphatic rings. The summed E-state index contributed by atoms with van der Waals surface area (Å²) >= 11 is 0. The van der Waals surface area contributed by atoms with Gasteiger partial charge >= 0.3 is 0 Å². The lowest BCUT2D eigenvalue weighted by Gasteiger charge is -2.34. The van der Waals surface area contributed by atoms with Gasteiger partial charge in [-0.1, -0.05) is 243 Å². The molecule has 2 nitrogen and oxygen atoms in total. The Hall–Kier alpha value is -9.76. The van der Waals surface area contributed by atoms with Gasteiger partial charge in [0, 0.05) is 33.5 Å². The van der Waals surface area contributed by atoms with Crippen LogP contribution in [0, 0.1) is 0 Å². The number of para-hydroxylation sites is 2. The van der Waals surface area contributed by atoms with Crippen LogP contribution in [-0.2, 0) is 5.41 Å². The quantitative estimate of drug-likeness (QED) is 0.133. The number of anilines is 3. The number of aromatic nitrogens is 1. The van der Waals surface area contributed by atoms with Crippen LogP contribution in [0.15, 0.2) is 303 Å². The smallest absolute Gasteiger partial charge is 0.0714 e. The molecule has 12 aromatic carbocycles. The third kappa shape index (κ3) is 7.41. The molecule has 0 aliphatic heterocycles. The van der Waals surface area contributed by atoms with Gasteiger partial charge in [0.05, 0.1) is 16.4 Å². The van der Waals surface area contributed by atoms with Crippen molar-refractivity contribution in [1.82, 2.24) is 4.57 Å². The van der Waals surface area contributed by atoms with Crippen LogP contribution in [-0.4, -0.2) is 4.57 Å². The van der Waals surface area contributed by atoms with Crippen molar-refractivity contribution in [3.05, 3.63) is 326 Å². The van der Waals surface area contributed by atoms with Gasteiger partial charge in [-0.15, -0.1) is 0 Å². The van der Waals surface area contributed by atoms with Crippen molar-refractivity contribution < 1.29 is 0 Å². The monoisotopic (exact) mass is 954 g/mol. The molecule has 2 heteroatoms. The van der Waals surface area contributed by atoms with Gasteiger partial charge in [0.1, 0.15) is 0 Å². The Bertz CT molecular complexity index is 4160. The van der Waals surface area contributed by atoms with Crippen molar-refractivity contribution in [3.8, 4) is 61.3 Å². The Labute approximate surface area is 438 Å². The topological polar surface area (TPSA) is 8.17 Å². The summed E-state index contributed by atoms with van der Waals surface area (Å²) in [6.07, 6.45) is 0. The van der Waals surface area contributed by atoms with Crippen LogP contribution < -0.4 is 4.90 Å². The van der Waals surface area contributed by atoms with Crippen molar-refractivity contribution >= 4 is 38.9 Å². The molecule has 13 aromatic rings. The van der Waals surface area contributed by atoms with E-state index in [0.717, 1.165) is 33.9 Å². The van der Waals surface area contributed by atoms with E-state index < -0.39 is 5.41 Å². The first-order valence-electron chi connectivity index (χ1n) is 25.9. The number of hydrogen-bond acceptors (Lipinski definition) is 1. The molecule has 0 unspecified atom stereocenters. The van der Waals surface area contributed by atoms with Crippen LogP contribution in [0.1, 0.15) is 22.3 Å². The summed E-state index contributed by atoms with van der Waals surface area (Å²) in [5, 5.41) is 2.46. The first kappa shape index (κ1) is 44.0. The van der Waals surface area contributed by atoms with E-state index in [1.54, 1.807) is 0 Å². The Morgan fingerprint density at radius 2 is 0.707 bits per heavy atom. The Kier molecular flexibility index (Phi) is 10.8. The van der Waals surface area contributed by atoms with Crippen molar-refractivity contribution in [3.63, 3.8) is 0 Å². The number of nitrogens with zero attached hydrogens (tertiary/aromatic N) is 2. The van der Waals surface area contributed by atoms with Gasteiger partial charge in [0.15, 0.2) is 0 Å². The third-order valence-electron chi connectivity index (χ3n) is 15.5. The highest BCUT2D eigenvalue weighted by Gasteiger charge is 2.46. The Morgan fingerprint density at radius 3 is 1.37 bits per heavy atom. The van der Waals surface area contributed by atoms with E-state index in [-0.39, 0.29) is 0 Å². The van der Waals surface area contributed by atoms with E-state index in [1.807, 2.05) is 0 Å². The van der Waals surface area contributed by atoms with E-state index >= 15 is 0 Å². The van der Waals surface area contributed by atoms with Crippen LogP contribution in [0.4, 0.5) is 17.1 Å². The molecule has 0 spiro atoms. The van der Waals surface area contributed by atoms with E-state index in [0.29, 0.717) is 0 Å². The molecular weight excluding hydrogens is 905 g/mol. The molecular formula is C73H50N2. The fraction of sp³-hybridized carbons (Fsp3) is 0.0137. The zero-order valence-electron chi connectivity index (χ0n) is 41.3. The molecule has 0 saturated heterocycles. The van der Waals surface area contributed by atoms with Crippen LogP contribution in [0.2, 0.25) is 0 Å².